The Labute approximate surface area is 138 Å². The molecule has 122 valence electrons. The number of ether oxygens (including phenoxy) is 1. The van der Waals surface area contributed by atoms with E-state index < -0.39 is 5.83 Å². The fourth-order valence-corrected chi connectivity index (χ4v) is 2.87. The van der Waals surface area contributed by atoms with Crippen LogP contribution in [0.1, 0.15) is 43.7 Å². The summed E-state index contributed by atoms with van der Waals surface area (Å²) in [4.78, 5) is 0. The van der Waals surface area contributed by atoms with Crippen LogP contribution < -0.4 is 0 Å². The van der Waals surface area contributed by atoms with Gasteiger partial charge in [-0.25, -0.2) is 0 Å². The molecule has 0 aliphatic heterocycles. The average molecular weight is 313 g/mol. The fraction of sp³-hybridized carbons (Fsp3) is 0.450. The summed E-state index contributed by atoms with van der Waals surface area (Å²) >= 11 is 0. The van der Waals surface area contributed by atoms with Gasteiger partial charge in [0, 0.05) is 0 Å². The lowest BCUT2D eigenvalue weighted by Crippen LogP contribution is -2.20. The first-order valence-electron chi connectivity index (χ1n) is 8.34. The van der Waals surface area contributed by atoms with Crippen molar-refractivity contribution in [1.82, 2.24) is 0 Å². The third-order valence-electron chi connectivity index (χ3n) is 4.37. The second-order valence-corrected chi connectivity index (χ2v) is 6.03. The number of nitrogens with zero attached hydrogens (tertiary/aromatic N) is 1. The molecule has 0 amide bonds. The number of nitriles is 1. The second kappa shape index (κ2) is 9.27. The van der Waals surface area contributed by atoms with E-state index in [0.29, 0.717) is 18.6 Å². The van der Waals surface area contributed by atoms with Gasteiger partial charge in [0.25, 0.3) is 0 Å². The highest BCUT2D eigenvalue weighted by atomic mass is 19.1. The molecule has 1 aliphatic rings. The number of benzene rings is 1. The first-order valence-corrected chi connectivity index (χ1v) is 8.34. The number of rotatable bonds is 6. The molecule has 0 radical (unpaired) electrons. The lowest BCUT2D eigenvalue weighted by atomic mass is 9.87. The smallest absolute Gasteiger partial charge is 0.199 e. The Morgan fingerprint density at radius 2 is 1.87 bits per heavy atom. The molecule has 1 fully saturated rings. The quantitative estimate of drug-likeness (QED) is 0.530. The molecule has 0 atom stereocenters. The highest BCUT2D eigenvalue weighted by molar-refractivity contribution is 5.22. The number of allylic oxidation sites excluding steroid dienone is 4. The van der Waals surface area contributed by atoms with Gasteiger partial charge in [0.05, 0.1) is 12.7 Å². The highest BCUT2D eigenvalue weighted by Crippen LogP contribution is 2.27. The van der Waals surface area contributed by atoms with Gasteiger partial charge in [0.2, 0.25) is 0 Å². The maximum atomic E-state index is 12.7. The summed E-state index contributed by atoms with van der Waals surface area (Å²) in [6.45, 7) is 2.83. The predicted octanol–water partition coefficient (Wildman–Crippen LogP) is 5.26. The minimum Gasteiger partial charge on any atom is -0.374 e. The SMILES string of the molecule is CCc1ccc(COC2CCC(C=CC=C(F)C#N)CC2)cc1. The van der Waals surface area contributed by atoms with Gasteiger partial charge in [-0.15, -0.1) is 0 Å². The van der Waals surface area contributed by atoms with Crippen LogP contribution in [0.2, 0.25) is 0 Å². The van der Waals surface area contributed by atoms with Gasteiger partial charge in [0.15, 0.2) is 5.83 Å². The molecule has 2 nitrogen and oxygen atoms in total. The van der Waals surface area contributed by atoms with Crippen molar-refractivity contribution in [2.45, 2.75) is 51.7 Å². The van der Waals surface area contributed by atoms with Gasteiger partial charge in [-0.2, -0.15) is 9.65 Å². The van der Waals surface area contributed by atoms with Crippen LogP contribution >= 0.6 is 0 Å². The molecule has 3 heteroatoms. The van der Waals surface area contributed by atoms with E-state index in [4.69, 9.17) is 10.00 Å². The molecule has 0 bridgehead atoms. The summed E-state index contributed by atoms with van der Waals surface area (Å²) in [5, 5.41) is 8.35. The molecule has 2 rings (SSSR count). The minimum absolute atomic E-state index is 0.317. The molecule has 0 unspecified atom stereocenters. The van der Waals surface area contributed by atoms with E-state index >= 15 is 0 Å². The molecule has 0 N–H and O–H groups in total. The number of halogens is 1. The highest BCUT2D eigenvalue weighted by Gasteiger charge is 2.19. The Kier molecular flexibility index (Phi) is 7.03. The van der Waals surface area contributed by atoms with E-state index in [1.807, 2.05) is 6.08 Å². The fourth-order valence-electron chi connectivity index (χ4n) is 2.87. The lowest BCUT2D eigenvalue weighted by Gasteiger charge is -2.26. The van der Waals surface area contributed by atoms with Crippen molar-refractivity contribution in [2.24, 2.45) is 5.92 Å². The molecule has 1 aromatic rings. The van der Waals surface area contributed by atoms with E-state index in [2.05, 4.69) is 31.2 Å². The second-order valence-electron chi connectivity index (χ2n) is 6.03. The Bertz CT molecular complexity index is 575. The summed E-state index contributed by atoms with van der Waals surface area (Å²) in [6.07, 6.45) is 10.4. The zero-order chi connectivity index (χ0) is 16.5. The molecule has 0 saturated heterocycles. The van der Waals surface area contributed by atoms with E-state index in [9.17, 15) is 4.39 Å². The van der Waals surface area contributed by atoms with Crippen LogP contribution in [-0.2, 0) is 17.8 Å². The van der Waals surface area contributed by atoms with Crippen LogP contribution in [0, 0.1) is 17.2 Å². The normalized spacial score (nSPS) is 22.2. The van der Waals surface area contributed by atoms with Gasteiger partial charge >= 0.3 is 0 Å². The summed E-state index contributed by atoms with van der Waals surface area (Å²) in [7, 11) is 0. The largest absolute Gasteiger partial charge is 0.374 e. The molecular formula is C20H24FNO. The van der Waals surface area contributed by atoms with Crippen LogP contribution in [0.3, 0.4) is 0 Å². The molecule has 0 heterocycles. The number of hydrogen-bond acceptors (Lipinski definition) is 2. The van der Waals surface area contributed by atoms with E-state index in [1.165, 1.54) is 23.3 Å². The Morgan fingerprint density at radius 3 is 2.48 bits per heavy atom. The summed E-state index contributed by atoms with van der Waals surface area (Å²) in [5.41, 5.74) is 2.57. The maximum absolute atomic E-state index is 12.7. The lowest BCUT2D eigenvalue weighted by molar-refractivity contribution is 0.0110. The van der Waals surface area contributed by atoms with Crippen molar-refractivity contribution in [2.75, 3.05) is 0 Å². The zero-order valence-electron chi connectivity index (χ0n) is 13.7. The van der Waals surface area contributed by atoms with E-state index in [1.54, 1.807) is 6.08 Å². The maximum Gasteiger partial charge on any atom is 0.199 e. The Balaban J connectivity index is 1.71. The molecule has 0 aromatic heterocycles. The molecule has 23 heavy (non-hydrogen) atoms. The van der Waals surface area contributed by atoms with Crippen molar-refractivity contribution < 1.29 is 9.13 Å². The summed E-state index contributed by atoms with van der Waals surface area (Å²) in [6, 6.07) is 10.1. The first kappa shape index (κ1) is 17.4. The van der Waals surface area contributed by atoms with Crippen molar-refractivity contribution in [3.8, 4) is 6.07 Å². The Morgan fingerprint density at radius 1 is 1.22 bits per heavy atom. The number of hydrogen-bond donors (Lipinski definition) is 0. The van der Waals surface area contributed by atoms with Crippen molar-refractivity contribution in [1.29, 1.82) is 5.26 Å². The molecular weight excluding hydrogens is 289 g/mol. The summed E-state index contributed by atoms with van der Waals surface area (Å²) in [5.74, 6) is -0.284. The predicted molar refractivity (Wildman–Crippen MR) is 90.3 cm³/mol. The zero-order valence-corrected chi connectivity index (χ0v) is 13.7. The van der Waals surface area contributed by atoms with E-state index in [-0.39, 0.29) is 0 Å². The van der Waals surface area contributed by atoms with Crippen molar-refractivity contribution >= 4 is 0 Å². The van der Waals surface area contributed by atoms with Gasteiger partial charge in [-0.3, -0.25) is 0 Å². The van der Waals surface area contributed by atoms with Crippen LogP contribution in [0.25, 0.3) is 0 Å². The van der Waals surface area contributed by atoms with Gasteiger partial charge < -0.3 is 4.74 Å². The van der Waals surface area contributed by atoms with Crippen molar-refractivity contribution in [3.63, 3.8) is 0 Å². The van der Waals surface area contributed by atoms with Crippen LogP contribution in [0.4, 0.5) is 4.39 Å². The summed E-state index contributed by atoms with van der Waals surface area (Å²) < 4.78 is 18.7. The minimum atomic E-state index is -0.743. The van der Waals surface area contributed by atoms with Crippen LogP contribution in [-0.4, -0.2) is 6.10 Å². The van der Waals surface area contributed by atoms with E-state index in [0.717, 1.165) is 32.1 Å². The van der Waals surface area contributed by atoms with Crippen molar-refractivity contribution in [3.05, 3.63) is 59.4 Å². The van der Waals surface area contributed by atoms with Gasteiger partial charge in [-0.1, -0.05) is 43.3 Å². The molecule has 1 saturated carbocycles. The third-order valence-corrected chi connectivity index (χ3v) is 4.37. The first-order chi connectivity index (χ1) is 11.2. The molecule has 1 aromatic carbocycles. The standard InChI is InChI=1S/C20H24FNO/c1-2-16-6-8-18(9-7-16)15-23-20-12-10-17(11-13-20)4-3-5-19(21)14-22/h3-9,17,20H,2,10-13,15H2,1H3. The monoisotopic (exact) mass is 313 g/mol. The molecule has 0 spiro atoms. The topological polar surface area (TPSA) is 33.0 Å². The molecule has 1 aliphatic carbocycles. The number of aryl methyl sites for hydroxylation is 1. The average Bonchev–Trinajstić information content (AvgIpc) is 2.61. The van der Waals surface area contributed by atoms with Crippen LogP contribution in [0.15, 0.2) is 48.3 Å². The van der Waals surface area contributed by atoms with Gasteiger partial charge in [0.1, 0.15) is 6.07 Å². The Hall–Kier alpha value is -1.92. The van der Waals surface area contributed by atoms with Gasteiger partial charge in [-0.05, 0) is 55.2 Å². The van der Waals surface area contributed by atoms with Crippen LogP contribution in [0.5, 0.6) is 0 Å². The third kappa shape index (κ3) is 6.00.